The van der Waals surface area contributed by atoms with Gasteiger partial charge in [-0.1, -0.05) is 45.7 Å². The molecule has 0 spiro atoms. The van der Waals surface area contributed by atoms with Crippen LogP contribution in [-0.4, -0.2) is 40.6 Å². The Morgan fingerprint density at radius 1 is 1.12 bits per heavy atom. The molecule has 7 nitrogen and oxygen atoms in total. The topological polar surface area (TPSA) is 98.1 Å². The number of aliphatic hydroxyl groups excluding tert-OH is 2. The first-order valence-electron chi connectivity index (χ1n) is 16.5. The molecule has 5 fully saturated rings. The van der Waals surface area contributed by atoms with Gasteiger partial charge in [0, 0.05) is 24.4 Å². The average molecular weight is 624 g/mol. The van der Waals surface area contributed by atoms with Crippen LogP contribution in [0.2, 0.25) is 5.02 Å². The van der Waals surface area contributed by atoms with Crippen LogP contribution in [0.3, 0.4) is 0 Å². The van der Waals surface area contributed by atoms with Crippen molar-refractivity contribution in [2.24, 2.45) is 52.3 Å². The summed E-state index contributed by atoms with van der Waals surface area (Å²) in [7, 11) is -3.68. The van der Waals surface area contributed by atoms with Gasteiger partial charge >= 0.3 is 7.82 Å². The first kappa shape index (κ1) is 31.5. The summed E-state index contributed by atoms with van der Waals surface area (Å²) in [5.41, 5.74) is 1.16. The number of hydrogen-bond acceptors (Lipinski definition) is 7. The smallest absolute Gasteiger partial charge is 0.393 e. The van der Waals surface area contributed by atoms with E-state index in [1.54, 1.807) is 18.5 Å². The maximum Gasteiger partial charge on any atom is 0.475 e. The molecule has 0 radical (unpaired) electrons. The summed E-state index contributed by atoms with van der Waals surface area (Å²) in [6, 6.07) is 1.79. The Morgan fingerprint density at radius 2 is 1.88 bits per heavy atom. The Bertz CT molecular complexity index is 1170. The van der Waals surface area contributed by atoms with Gasteiger partial charge in [-0.05, 0) is 110 Å². The predicted octanol–water partition coefficient (Wildman–Crippen LogP) is 7.99. The zero-order valence-corrected chi connectivity index (χ0v) is 27.4. The van der Waals surface area contributed by atoms with Gasteiger partial charge in [0.1, 0.15) is 0 Å². The van der Waals surface area contributed by atoms with E-state index in [1.807, 2.05) is 0 Å². The van der Waals surface area contributed by atoms with Crippen LogP contribution in [-0.2, 0) is 18.1 Å². The molecule has 0 bridgehead atoms. The van der Waals surface area contributed by atoms with E-state index in [4.69, 9.17) is 25.2 Å². The maximum absolute atomic E-state index is 13.4. The fraction of sp³-hybridized carbons (Fsp3) is 0.848. The molecule has 4 saturated carbocycles. The predicted molar refractivity (Wildman–Crippen MR) is 163 cm³/mol. The number of aromatic nitrogens is 1. The molecule has 6 rings (SSSR count). The van der Waals surface area contributed by atoms with Crippen molar-refractivity contribution in [3.05, 3.63) is 29.0 Å². The molecule has 1 aliphatic heterocycles. The maximum atomic E-state index is 13.4. The molecule has 0 amide bonds. The van der Waals surface area contributed by atoms with Crippen LogP contribution >= 0.6 is 19.4 Å². The molecule has 2 N–H and O–H groups in total. The highest BCUT2D eigenvalue weighted by atomic mass is 35.5. The highest BCUT2D eigenvalue weighted by Gasteiger charge is 2.64. The molecule has 1 aromatic heterocycles. The molecular formula is C33H51ClNO6P. The third-order valence-corrected chi connectivity index (χ3v) is 14.8. The van der Waals surface area contributed by atoms with E-state index < -0.39 is 13.9 Å². The lowest BCUT2D eigenvalue weighted by atomic mass is 9.41. The molecule has 236 valence electrons. The summed E-state index contributed by atoms with van der Waals surface area (Å²) in [6.45, 7) is 10.2. The minimum Gasteiger partial charge on any atom is -0.393 e. The molecule has 42 heavy (non-hydrogen) atoms. The molecule has 1 saturated heterocycles. The summed E-state index contributed by atoms with van der Waals surface area (Å²) >= 11 is 6.31. The van der Waals surface area contributed by atoms with Crippen molar-refractivity contribution in [2.75, 3.05) is 13.2 Å². The van der Waals surface area contributed by atoms with Crippen molar-refractivity contribution in [1.82, 2.24) is 4.98 Å². The minimum absolute atomic E-state index is 0.183. The Labute approximate surface area is 257 Å². The second-order valence-electron chi connectivity index (χ2n) is 14.8. The van der Waals surface area contributed by atoms with E-state index >= 15 is 0 Å². The van der Waals surface area contributed by atoms with E-state index in [9.17, 15) is 14.8 Å². The number of phosphoric ester groups is 1. The lowest BCUT2D eigenvalue weighted by Crippen LogP contribution is -2.62. The van der Waals surface area contributed by atoms with Gasteiger partial charge < -0.3 is 10.2 Å². The molecule has 1 aromatic rings. The van der Waals surface area contributed by atoms with Gasteiger partial charge in [-0.3, -0.25) is 18.6 Å². The molecule has 2 heterocycles. The summed E-state index contributed by atoms with van der Waals surface area (Å²) in [6.07, 6.45) is 12.2. The number of nitrogens with zero attached hydrogens (tertiary/aromatic N) is 1. The minimum atomic E-state index is -3.68. The monoisotopic (exact) mass is 623 g/mol. The van der Waals surface area contributed by atoms with E-state index in [2.05, 4.69) is 32.7 Å². The van der Waals surface area contributed by atoms with E-state index in [0.29, 0.717) is 60.2 Å². The van der Waals surface area contributed by atoms with Gasteiger partial charge in [-0.25, -0.2) is 4.57 Å². The van der Waals surface area contributed by atoms with E-state index in [1.165, 1.54) is 25.7 Å². The SMILES string of the molecule is CC[C@@H]1C2C[C@H](O)CC[C@]2(C)C2CC[C@@]3(C)C(CC[C@@H]3[C@H](C)CCOP3(=O)OCC[C@H](c4ccncc4Cl)O3)C2[C@@H]1O. The Kier molecular flexibility index (Phi) is 8.99. The van der Waals surface area contributed by atoms with Crippen LogP contribution in [0.5, 0.6) is 0 Å². The van der Waals surface area contributed by atoms with Crippen molar-refractivity contribution < 1.29 is 28.3 Å². The normalized spacial score (nSPS) is 47.7. The fourth-order valence-electron chi connectivity index (χ4n) is 10.9. The van der Waals surface area contributed by atoms with Gasteiger partial charge in [0.2, 0.25) is 0 Å². The lowest BCUT2D eigenvalue weighted by molar-refractivity contribution is -0.203. The van der Waals surface area contributed by atoms with Gasteiger partial charge in [-0.15, -0.1) is 0 Å². The number of fused-ring (bicyclic) bond motifs is 5. The molecular weight excluding hydrogens is 573 g/mol. The fourth-order valence-corrected chi connectivity index (χ4v) is 12.5. The van der Waals surface area contributed by atoms with Gasteiger partial charge in [0.15, 0.2) is 0 Å². The molecule has 5 aliphatic rings. The van der Waals surface area contributed by atoms with Crippen LogP contribution in [0.25, 0.3) is 0 Å². The van der Waals surface area contributed by atoms with Gasteiger partial charge in [-0.2, -0.15) is 0 Å². The summed E-state index contributed by atoms with van der Waals surface area (Å²) in [4.78, 5) is 4.03. The third-order valence-electron chi connectivity index (χ3n) is 13.0. The number of hydrogen-bond donors (Lipinski definition) is 2. The number of aliphatic hydroxyl groups is 2. The van der Waals surface area contributed by atoms with Crippen molar-refractivity contribution in [1.29, 1.82) is 0 Å². The lowest BCUT2D eigenvalue weighted by Gasteiger charge is -2.64. The van der Waals surface area contributed by atoms with Crippen molar-refractivity contribution >= 4 is 19.4 Å². The van der Waals surface area contributed by atoms with Gasteiger partial charge in [0.05, 0.1) is 36.5 Å². The number of pyridine rings is 1. The standard InChI is InChI=1S/C33H51ClNO6P/c1-5-22-27-18-21(36)8-13-33(27,4)26-9-14-32(3)24(6-7-25(32)30(26)31(22)37)20(2)11-16-39-42(38)40-17-12-29(41-42)23-10-15-35-19-28(23)34/h10,15,19-22,24-27,29-31,36-37H,5-9,11-14,16-18H2,1-4H3/t20-,21-,22-,24-,25?,26?,27?,29-,30?,31-,32-,33-,42?/m1/s1. The quantitative estimate of drug-likeness (QED) is 0.297. The highest BCUT2D eigenvalue weighted by molar-refractivity contribution is 7.48. The largest absolute Gasteiger partial charge is 0.475 e. The zero-order valence-electron chi connectivity index (χ0n) is 25.8. The summed E-state index contributed by atoms with van der Waals surface area (Å²) in [5.74, 6) is 3.03. The molecule has 5 unspecified atom stereocenters. The van der Waals surface area contributed by atoms with Crippen molar-refractivity contribution in [3.8, 4) is 0 Å². The molecule has 0 aromatic carbocycles. The zero-order chi connectivity index (χ0) is 29.9. The highest BCUT2D eigenvalue weighted by Crippen LogP contribution is 2.69. The average Bonchev–Trinajstić information content (AvgIpc) is 3.31. The number of phosphoric acid groups is 1. The third kappa shape index (κ3) is 5.35. The Morgan fingerprint density at radius 3 is 2.64 bits per heavy atom. The first-order chi connectivity index (χ1) is 20.0. The molecule has 9 heteroatoms. The van der Waals surface area contributed by atoms with Crippen LogP contribution in [0.15, 0.2) is 18.5 Å². The molecule has 4 aliphatic carbocycles. The van der Waals surface area contributed by atoms with E-state index in [0.717, 1.165) is 37.7 Å². The molecule has 13 atom stereocenters. The first-order valence-corrected chi connectivity index (χ1v) is 18.4. The second-order valence-corrected chi connectivity index (χ2v) is 16.8. The van der Waals surface area contributed by atoms with Crippen LogP contribution in [0, 0.1) is 52.3 Å². The second kappa shape index (κ2) is 12.0. The van der Waals surface area contributed by atoms with Gasteiger partial charge in [0.25, 0.3) is 0 Å². The van der Waals surface area contributed by atoms with E-state index in [-0.39, 0.29) is 29.0 Å². The Balaban J connectivity index is 1.11. The van der Waals surface area contributed by atoms with Crippen LogP contribution in [0.1, 0.15) is 104 Å². The number of rotatable bonds is 7. The Hall–Kier alpha value is -0.530. The summed E-state index contributed by atoms with van der Waals surface area (Å²) in [5, 5.41) is 23.0. The van der Waals surface area contributed by atoms with Crippen LogP contribution in [0.4, 0.5) is 0 Å². The van der Waals surface area contributed by atoms with Crippen molar-refractivity contribution in [2.45, 2.75) is 110 Å². The summed E-state index contributed by atoms with van der Waals surface area (Å²) < 4.78 is 30.6. The van der Waals surface area contributed by atoms with Crippen molar-refractivity contribution in [3.63, 3.8) is 0 Å². The van der Waals surface area contributed by atoms with Crippen LogP contribution < -0.4 is 0 Å². The number of halogens is 1.